The van der Waals surface area contributed by atoms with Gasteiger partial charge in [0.05, 0.1) is 5.56 Å². The Morgan fingerprint density at radius 2 is 1.87 bits per heavy atom. The molecule has 2 atom stereocenters. The summed E-state index contributed by atoms with van der Waals surface area (Å²) in [6, 6.07) is 5.92. The van der Waals surface area contributed by atoms with Crippen LogP contribution < -0.4 is 5.90 Å². The number of hydrogen-bond acceptors (Lipinski definition) is 5. The lowest BCUT2D eigenvalue weighted by molar-refractivity contribution is 0.0696. The van der Waals surface area contributed by atoms with Crippen molar-refractivity contribution >= 4 is 35.2 Å². The first-order valence-electron chi connectivity index (χ1n) is 13.4. The second-order valence-electron chi connectivity index (χ2n) is 10.7. The van der Waals surface area contributed by atoms with Gasteiger partial charge in [-0.05, 0) is 42.5 Å². The van der Waals surface area contributed by atoms with Crippen molar-refractivity contribution in [3.05, 3.63) is 74.2 Å². The number of carbonyl (C=O) groups is 1. The Labute approximate surface area is 234 Å². The number of aryl methyl sites for hydroxylation is 1. The van der Waals surface area contributed by atoms with Gasteiger partial charge >= 0.3 is 5.97 Å². The van der Waals surface area contributed by atoms with Gasteiger partial charge in [0.2, 0.25) is 0 Å². The van der Waals surface area contributed by atoms with E-state index < -0.39 is 5.97 Å². The van der Waals surface area contributed by atoms with Crippen LogP contribution in [0.25, 0.3) is 6.08 Å². The Hall–Kier alpha value is -2.29. The molecule has 7 nitrogen and oxygen atoms in total. The maximum absolute atomic E-state index is 11.6. The second kappa shape index (κ2) is 11.4. The SMILES string of the molecule is CC(/C(CCN1CCN(C2C=Cc3c(C(=O)O)cn(C)c3C2)CC1)=C(\ON)C1CC1)c1c(Cl)cccc1Cl. The fourth-order valence-corrected chi connectivity index (χ4v) is 6.77. The third-order valence-electron chi connectivity index (χ3n) is 8.39. The van der Waals surface area contributed by atoms with Crippen molar-refractivity contribution in [3.8, 4) is 0 Å². The van der Waals surface area contributed by atoms with Crippen LogP contribution in [0.1, 0.15) is 59.3 Å². The zero-order valence-corrected chi connectivity index (χ0v) is 23.5. The third kappa shape index (κ3) is 5.54. The first-order valence-corrected chi connectivity index (χ1v) is 14.1. The molecule has 0 radical (unpaired) electrons. The number of piperazine rings is 1. The van der Waals surface area contributed by atoms with Gasteiger partial charge in [0.1, 0.15) is 5.76 Å². The minimum Gasteiger partial charge on any atom is -0.478 e. The second-order valence-corrected chi connectivity index (χ2v) is 11.5. The van der Waals surface area contributed by atoms with Crippen LogP contribution in [0.15, 0.2) is 41.8 Å². The van der Waals surface area contributed by atoms with E-state index in [1.807, 2.05) is 35.9 Å². The number of aromatic nitrogens is 1. The summed E-state index contributed by atoms with van der Waals surface area (Å²) in [7, 11) is 1.93. The van der Waals surface area contributed by atoms with Gasteiger partial charge < -0.3 is 19.4 Å². The number of fused-ring (bicyclic) bond motifs is 1. The van der Waals surface area contributed by atoms with Crippen LogP contribution in [-0.4, -0.2) is 64.2 Å². The molecule has 38 heavy (non-hydrogen) atoms. The van der Waals surface area contributed by atoms with Crippen molar-refractivity contribution in [2.75, 3.05) is 32.7 Å². The van der Waals surface area contributed by atoms with Gasteiger partial charge in [0.15, 0.2) is 0 Å². The zero-order chi connectivity index (χ0) is 27.0. The van der Waals surface area contributed by atoms with E-state index in [0.29, 0.717) is 21.5 Å². The largest absolute Gasteiger partial charge is 0.478 e. The molecule has 204 valence electrons. The van der Waals surface area contributed by atoms with Crippen LogP contribution in [0.2, 0.25) is 10.0 Å². The van der Waals surface area contributed by atoms with E-state index in [4.69, 9.17) is 33.9 Å². The van der Waals surface area contributed by atoms with Gasteiger partial charge in [0, 0.05) is 91.6 Å². The van der Waals surface area contributed by atoms with Crippen LogP contribution in [0.3, 0.4) is 0 Å². The Morgan fingerprint density at radius 3 is 2.47 bits per heavy atom. The normalized spacial score (nSPS) is 21.7. The fourth-order valence-electron chi connectivity index (χ4n) is 6.05. The van der Waals surface area contributed by atoms with E-state index in [-0.39, 0.29) is 12.0 Å². The predicted octanol–water partition coefficient (Wildman–Crippen LogP) is 5.33. The quantitative estimate of drug-likeness (QED) is 0.319. The van der Waals surface area contributed by atoms with Gasteiger partial charge in [-0.15, -0.1) is 0 Å². The number of nitrogens with two attached hydrogens (primary N) is 1. The average molecular weight is 560 g/mol. The van der Waals surface area contributed by atoms with E-state index in [0.717, 1.165) is 81.0 Å². The van der Waals surface area contributed by atoms with Crippen molar-refractivity contribution in [3.63, 3.8) is 0 Å². The molecule has 5 rings (SSSR count). The first kappa shape index (κ1) is 27.3. The molecule has 1 aromatic carbocycles. The van der Waals surface area contributed by atoms with Crippen molar-refractivity contribution < 1.29 is 14.7 Å². The Kier molecular flexibility index (Phi) is 8.22. The molecular formula is C29H36Cl2N4O3. The van der Waals surface area contributed by atoms with E-state index in [9.17, 15) is 9.90 Å². The number of carboxylic acid groups (broad SMARTS) is 1. The molecule has 2 heterocycles. The Morgan fingerprint density at radius 1 is 1.18 bits per heavy atom. The van der Waals surface area contributed by atoms with Gasteiger partial charge in [-0.2, -0.15) is 5.90 Å². The summed E-state index contributed by atoms with van der Waals surface area (Å²) in [6.45, 7) is 6.94. The van der Waals surface area contributed by atoms with Gasteiger partial charge in [-0.1, -0.05) is 48.3 Å². The van der Waals surface area contributed by atoms with Crippen molar-refractivity contribution in [2.45, 2.75) is 44.6 Å². The summed E-state index contributed by atoms with van der Waals surface area (Å²) in [6.07, 6.45) is 9.76. The number of nitrogens with zero attached hydrogens (tertiary/aromatic N) is 3. The van der Waals surface area contributed by atoms with Crippen LogP contribution in [0.5, 0.6) is 0 Å². The molecule has 0 amide bonds. The molecule has 2 aliphatic carbocycles. The summed E-state index contributed by atoms with van der Waals surface area (Å²) in [5, 5.41) is 10.8. The Balaban J connectivity index is 1.23. The highest BCUT2D eigenvalue weighted by Gasteiger charge is 2.34. The van der Waals surface area contributed by atoms with Crippen molar-refractivity contribution in [2.24, 2.45) is 18.9 Å². The summed E-state index contributed by atoms with van der Waals surface area (Å²) in [4.78, 5) is 22.1. The summed E-state index contributed by atoms with van der Waals surface area (Å²) in [5.41, 5.74) is 4.43. The minimum absolute atomic E-state index is 0.0131. The lowest BCUT2D eigenvalue weighted by atomic mass is 9.88. The highest BCUT2D eigenvalue weighted by atomic mass is 35.5. The third-order valence-corrected chi connectivity index (χ3v) is 9.05. The summed E-state index contributed by atoms with van der Waals surface area (Å²) < 4.78 is 1.96. The lowest BCUT2D eigenvalue weighted by Gasteiger charge is -2.39. The number of carboxylic acids is 1. The van der Waals surface area contributed by atoms with Gasteiger partial charge in [0.25, 0.3) is 0 Å². The minimum atomic E-state index is -0.872. The molecule has 0 bridgehead atoms. The van der Waals surface area contributed by atoms with Crippen LogP contribution >= 0.6 is 23.2 Å². The summed E-state index contributed by atoms with van der Waals surface area (Å²) >= 11 is 13.2. The molecule has 1 aliphatic heterocycles. The van der Waals surface area contributed by atoms with Crippen LogP contribution in [0.4, 0.5) is 0 Å². The first-order chi connectivity index (χ1) is 18.3. The number of aromatic carboxylic acids is 1. The maximum atomic E-state index is 11.6. The molecule has 0 spiro atoms. The topological polar surface area (TPSA) is 84.0 Å². The van der Waals surface area contributed by atoms with Crippen LogP contribution in [-0.2, 0) is 18.3 Å². The molecule has 3 aliphatic rings. The number of rotatable bonds is 9. The van der Waals surface area contributed by atoms with Gasteiger partial charge in [-0.3, -0.25) is 4.90 Å². The lowest BCUT2D eigenvalue weighted by Crippen LogP contribution is -2.51. The smallest absolute Gasteiger partial charge is 0.337 e. The zero-order valence-electron chi connectivity index (χ0n) is 22.0. The molecule has 9 heteroatoms. The van der Waals surface area contributed by atoms with E-state index in [2.05, 4.69) is 22.8 Å². The molecule has 1 saturated heterocycles. The van der Waals surface area contributed by atoms with E-state index in [1.165, 1.54) is 5.57 Å². The fraction of sp³-hybridized carbons (Fsp3) is 0.483. The van der Waals surface area contributed by atoms with E-state index in [1.54, 1.807) is 6.20 Å². The molecule has 1 saturated carbocycles. The molecule has 3 N–H and O–H groups in total. The molecule has 2 fully saturated rings. The number of benzene rings is 1. The maximum Gasteiger partial charge on any atom is 0.337 e. The van der Waals surface area contributed by atoms with Crippen molar-refractivity contribution in [1.29, 1.82) is 0 Å². The molecular weight excluding hydrogens is 523 g/mol. The van der Waals surface area contributed by atoms with Crippen molar-refractivity contribution in [1.82, 2.24) is 14.4 Å². The molecule has 1 aromatic heterocycles. The van der Waals surface area contributed by atoms with Gasteiger partial charge in [-0.25, -0.2) is 4.79 Å². The molecule has 2 aromatic rings. The molecule has 2 unspecified atom stereocenters. The number of halogens is 2. The van der Waals surface area contributed by atoms with Crippen LogP contribution in [0, 0.1) is 5.92 Å². The highest BCUT2D eigenvalue weighted by Crippen LogP contribution is 2.44. The number of allylic oxidation sites excluding steroid dienone is 1. The average Bonchev–Trinajstić information content (AvgIpc) is 3.69. The highest BCUT2D eigenvalue weighted by molar-refractivity contribution is 6.36. The predicted molar refractivity (Wildman–Crippen MR) is 151 cm³/mol. The summed E-state index contributed by atoms with van der Waals surface area (Å²) in [5.74, 6) is 6.22. The number of hydrogen-bond donors (Lipinski definition) is 2. The standard InChI is InChI=1S/C29H36Cl2N4O3/c1-18(27-24(30)4-3-5-25(27)31)21(28(38-32)19-6-7-19)10-11-34-12-14-35(15-13-34)20-8-9-22-23(29(36)37)17-33(2)26(22)16-20/h3-5,8-9,17-20H,6-7,10-16,32H2,1-2H3,(H,36,37)/b28-21-. The monoisotopic (exact) mass is 558 g/mol. The van der Waals surface area contributed by atoms with E-state index >= 15 is 0 Å². The Bertz CT molecular complexity index is 1240.